The molecule has 0 spiro atoms. The van der Waals surface area contributed by atoms with Gasteiger partial charge in [-0.05, 0) is 59.2 Å². The smallest absolute Gasteiger partial charge is 0.386 e. The van der Waals surface area contributed by atoms with Crippen molar-refractivity contribution < 1.29 is 94.5 Å². The molecule has 0 unspecified atom stereocenters. The number of hydrogen-bond acceptors (Lipinski definition) is 6. The van der Waals surface area contributed by atoms with Gasteiger partial charge in [0.05, 0.1) is 44.5 Å². The van der Waals surface area contributed by atoms with E-state index in [9.17, 15) is 71.9 Å². The summed E-state index contributed by atoms with van der Waals surface area (Å²) in [6.07, 6.45) is -31.4. The van der Waals surface area contributed by atoms with Crippen molar-refractivity contribution in [3.05, 3.63) is 104 Å². The molecule has 0 fully saturated rings. The van der Waals surface area contributed by atoms with Gasteiger partial charge in [-0.1, -0.05) is 0 Å². The molecule has 0 amide bonds. The summed E-state index contributed by atoms with van der Waals surface area (Å²) in [5, 5.41) is 0. The molecule has 2 heterocycles. The Morgan fingerprint density at radius 1 is 0.347 bits per heavy atom. The molecular weight excluding hydrogens is 717 g/mol. The molecule has 260 valence electrons. The largest absolute Gasteiger partial charge is 0.416 e. The first-order chi connectivity index (χ1) is 22.1. The second kappa shape index (κ2) is 10.4. The van der Waals surface area contributed by atoms with E-state index in [0.29, 0.717) is 0 Å². The number of carbonyl (C=O) groups excluding carboxylic acids is 4. The van der Waals surface area contributed by atoms with Gasteiger partial charge in [-0.3, -0.25) is 0 Å². The SMILES string of the molecule is O=C1OC(=O)c2cc(C(c3cc(C(F)(F)F)cc(C(F)(F)F)c3)(c3cc4c(cc3C(F)(F)F)C(=O)OC4=O)C(F)(F)F)c(C(F)(F)F)cc21. The molecule has 0 atom stereocenters. The fourth-order valence-electron chi connectivity index (χ4n) is 5.45. The fraction of sp³-hybridized carbons (Fsp3) is 0.214. The van der Waals surface area contributed by atoms with Crippen molar-refractivity contribution in [2.75, 3.05) is 0 Å². The lowest BCUT2D eigenvalue weighted by Gasteiger charge is -2.41. The highest BCUT2D eigenvalue weighted by atomic mass is 19.4. The van der Waals surface area contributed by atoms with Crippen LogP contribution >= 0.6 is 0 Å². The molecule has 49 heavy (non-hydrogen) atoms. The Kier molecular flexibility index (Phi) is 7.50. The summed E-state index contributed by atoms with van der Waals surface area (Å²) in [5.74, 6) is -7.82. The van der Waals surface area contributed by atoms with Crippen LogP contribution in [0.15, 0.2) is 42.5 Å². The van der Waals surface area contributed by atoms with Crippen molar-refractivity contribution in [2.24, 2.45) is 0 Å². The van der Waals surface area contributed by atoms with Crippen LogP contribution in [0.1, 0.15) is 80.4 Å². The lowest BCUT2D eigenvalue weighted by Crippen LogP contribution is -2.47. The van der Waals surface area contributed by atoms with Gasteiger partial charge in [0.15, 0.2) is 0 Å². The van der Waals surface area contributed by atoms with Gasteiger partial charge in [0.25, 0.3) is 0 Å². The highest BCUT2D eigenvalue weighted by Gasteiger charge is 2.64. The van der Waals surface area contributed by atoms with Gasteiger partial charge in [-0.2, -0.15) is 65.9 Å². The van der Waals surface area contributed by atoms with Gasteiger partial charge < -0.3 is 9.47 Å². The normalized spacial score (nSPS) is 15.7. The molecular formula is C28H7F15O6. The first-order valence-corrected chi connectivity index (χ1v) is 12.5. The van der Waals surface area contributed by atoms with Gasteiger partial charge in [0.2, 0.25) is 0 Å². The lowest BCUT2D eigenvalue weighted by molar-refractivity contribution is -0.175. The van der Waals surface area contributed by atoms with E-state index < -0.39 is 164 Å². The van der Waals surface area contributed by atoms with E-state index in [1.54, 1.807) is 0 Å². The van der Waals surface area contributed by atoms with Crippen LogP contribution in [0.4, 0.5) is 65.9 Å². The van der Waals surface area contributed by atoms with Gasteiger partial charge in [0, 0.05) is 0 Å². The molecule has 0 N–H and O–H groups in total. The Bertz CT molecular complexity index is 1850. The standard InChI is InChI=1S/C28H7F15O6/c29-24(30,31)9-1-8(2-10(3-9)25(32,33)34)23(28(41,42)43,15-4-11-13(21(46)48-19(11)44)6-17(15)26(35,36)37)16-5-12-14(22(47)49-20(12)45)7-18(16)27(38,39)40/h1-7H. The molecule has 0 saturated carbocycles. The Morgan fingerprint density at radius 3 is 0.857 bits per heavy atom. The van der Waals surface area contributed by atoms with Crippen LogP contribution in [0.2, 0.25) is 0 Å². The first kappa shape index (κ1) is 35.2. The minimum Gasteiger partial charge on any atom is -0.386 e. The number of ether oxygens (including phenoxy) is 2. The summed E-state index contributed by atoms with van der Waals surface area (Å²) in [4.78, 5) is 48.6. The number of cyclic esters (lactones) is 4. The second-order valence-electron chi connectivity index (χ2n) is 10.3. The zero-order chi connectivity index (χ0) is 37.0. The summed E-state index contributed by atoms with van der Waals surface area (Å²) in [7, 11) is 0. The van der Waals surface area contributed by atoms with Crippen LogP contribution in [-0.2, 0) is 39.6 Å². The average Bonchev–Trinajstić information content (AvgIpc) is 3.37. The van der Waals surface area contributed by atoms with Gasteiger partial charge in [-0.25, -0.2) is 19.2 Å². The number of benzene rings is 3. The van der Waals surface area contributed by atoms with Crippen LogP contribution in [0.3, 0.4) is 0 Å². The molecule has 0 saturated heterocycles. The summed E-state index contributed by atoms with van der Waals surface area (Å²) in [5.41, 5.74) is -30.0. The van der Waals surface area contributed by atoms with Crippen molar-refractivity contribution in [1.29, 1.82) is 0 Å². The molecule has 5 rings (SSSR count). The maximum Gasteiger partial charge on any atom is 0.416 e. The van der Waals surface area contributed by atoms with E-state index in [2.05, 4.69) is 9.47 Å². The quantitative estimate of drug-likeness (QED) is 0.117. The average molecular weight is 724 g/mol. The van der Waals surface area contributed by atoms with Gasteiger partial charge >= 0.3 is 54.8 Å². The lowest BCUT2D eigenvalue weighted by atomic mass is 9.64. The number of alkyl halides is 15. The Hall–Kier alpha value is -5.11. The maximum atomic E-state index is 15.8. The number of fused-ring (bicyclic) bond motifs is 2. The highest BCUT2D eigenvalue weighted by molar-refractivity contribution is 6.16. The van der Waals surface area contributed by atoms with Crippen molar-refractivity contribution in [3.63, 3.8) is 0 Å². The van der Waals surface area contributed by atoms with E-state index in [1.807, 2.05) is 0 Å². The predicted molar refractivity (Wildman–Crippen MR) is 125 cm³/mol. The summed E-state index contributed by atoms with van der Waals surface area (Å²) in [6, 6.07) is -4.46. The maximum absolute atomic E-state index is 15.8. The Balaban J connectivity index is 2.17. The molecule has 2 aliphatic heterocycles. The van der Waals surface area contributed by atoms with Crippen LogP contribution in [0.5, 0.6) is 0 Å². The van der Waals surface area contributed by atoms with Crippen molar-refractivity contribution >= 4 is 23.9 Å². The second-order valence-corrected chi connectivity index (χ2v) is 10.3. The zero-order valence-corrected chi connectivity index (χ0v) is 22.7. The predicted octanol–water partition coefficient (Wildman–Crippen LogP) is 8.28. The minimum atomic E-state index is -6.86. The summed E-state index contributed by atoms with van der Waals surface area (Å²) in [6.45, 7) is 0. The minimum absolute atomic E-state index is 0.511. The third kappa shape index (κ3) is 5.53. The van der Waals surface area contributed by atoms with Crippen LogP contribution in [-0.4, -0.2) is 30.1 Å². The van der Waals surface area contributed by atoms with E-state index in [-0.39, 0.29) is 0 Å². The molecule has 0 aliphatic carbocycles. The van der Waals surface area contributed by atoms with E-state index in [0.717, 1.165) is 0 Å². The number of hydrogen-bond donors (Lipinski definition) is 0. The third-order valence-corrected chi connectivity index (χ3v) is 7.43. The van der Waals surface area contributed by atoms with Crippen molar-refractivity contribution in [3.8, 4) is 0 Å². The number of halogens is 15. The van der Waals surface area contributed by atoms with Crippen molar-refractivity contribution in [2.45, 2.75) is 36.3 Å². The van der Waals surface area contributed by atoms with Crippen molar-refractivity contribution in [1.82, 2.24) is 0 Å². The van der Waals surface area contributed by atoms with E-state index >= 15 is 13.2 Å². The molecule has 0 aromatic heterocycles. The molecule has 0 bridgehead atoms. The molecule has 2 aliphatic rings. The molecule has 3 aromatic carbocycles. The van der Waals surface area contributed by atoms with Gasteiger partial charge in [0.1, 0.15) is 5.41 Å². The van der Waals surface area contributed by atoms with Gasteiger partial charge in [-0.15, -0.1) is 0 Å². The molecule has 0 radical (unpaired) electrons. The third-order valence-electron chi connectivity index (χ3n) is 7.43. The molecule has 21 heteroatoms. The Morgan fingerprint density at radius 2 is 0.612 bits per heavy atom. The monoisotopic (exact) mass is 724 g/mol. The van der Waals surface area contributed by atoms with E-state index in [4.69, 9.17) is 0 Å². The number of carbonyl (C=O) groups is 4. The molecule has 3 aromatic rings. The number of rotatable bonds is 3. The fourth-order valence-corrected chi connectivity index (χ4v) is 5.45. The Labute approximate surface area is 259 Å². The summed E-state index contributed by atoms with van der Waals surface area (Å²) >= 11 is 0. The zero-order valence-electron chi connectivity index (χ0n) is 22.7. The molecule has 6 nitrogen and oxygen atoms in total. The number of esters is 4. The van der Waals surface area contributed by atoms with Crippen LogP contribution in [0.25, 0.3) is 0 Å². The van der Waals surface area contributed by atoms with E-state index in [1.165, 1.54) is 0 Å². The van der Waals surface area contributed by atoms with Crippen LogP contribution in [0, 0.1) is 0 Å². The van der Waals surface area contributed by atoms with Crippen LogP contribution < -0.4 is 0 Å². The summed E-state index contributed by atoms with van der Waals surface area (Å²) < 4.78 is 227. The topological polar surface area (TPSA) is 86.7 Å². The first-order valence-electron chi connectivity index (χ1n) is 12.5. The highest BCUT2D eigenvalue weighted by Crippen LogP contribution is 2.58.